The fraction of sp³-hybridized carbons (Fsp3) is 0.417. The smallest absolute Gasteiger partial charge is 0.255 e. The fourth-order valence-corrected chi connectivity index (χ4v) is 1.94. The van der Waals surface area contributed by atoms with E-state index in [1.165, 1.54) is 0 Å². The Labute approximate surface area is 110 Å². The molecular weight excluding hydrogens is 289 g/mol. The molecule has 0 spiro atoms. The van der Waals surface area contributed by atoms with Crippen LogP contribution in [0.4, 0.5) is 0 Å². The van der Waals surface area contributed by atoms with Crippen molar-refractivity contribution in [2.75, 3.05) is 13.6 Å². The summed E-state index contributed by atoms with van der Waals surface area (Å²) in [5.41, 5.74) is 0.551. The van der Waals surface area contributed by atoms with Crippen LogP contribution in [0.1, 0.15) is 30.1 Å². The van der Waals surface area contributed by atoms with Crippen molar-refractivity contribution >= 4 is 33.4 Å². The van der Waals surface area contributed by atoms with Crippen molar-refractivity contribution in [2.24, 2.45) is 0 Å². The van der Waals surface area contributed by atoms with E-state index >= 15 is 0 Å². The van der Waals surface area contributed by atoms with Gasteiger partial charge in [-0.1, -0.05) is 31.0 Å². The molecule has 0 N–H and O–H groups in total. The van der Waals surface area contributed by atoms with Crippen molar-refractivity contribution in [3.8, 4) is 0 Å². The van der Waals surface area contributed by atoms with Gasteiger partial charge in [-0.15, -0.1) is 0 Å². The van der Waals surface area contributed by atoms with E-state index in [1.807, 2.05) is 12.1 Å². The summed E-state index contributed by atoms with van der Waals surface area (Å²) in [7, 11) is 1.80. The normalized spacial score (nSPS) is 10.2. The molecule has 1 amide bonds. The average Bonchev–Trinajstić information content (AvgIpc) is 2.28. The predicted molar refractivity (Wildman–Crippen MR) is 71.0 cm³/mol. The first kappa shape index (κ1) is 13.5. The monoisotopic (exact) mass is 303 g/mol. The molecule has 0 bridgehead atoms. The summed E-state index contributed by atoms with van der Waals surface area (Å²) in [6, 6.07) is 5.39. The summed E-state index contributed by atoms with van der Waals surface area (Å²) in [5.74, 6) is -0.0280. The van der Waals surface area contributed by atoms with Crippen LogP contribution < -0.4 is 0 Å². The van der Waals surface area contributed by atoms with Gasteiger partial charge >= 0.3 is 0 Å². The van der Waals surface area contributed by atoms with Gasteiger partial charge in [-0.05, 0) is 34.5 Å². The summed E-state index contributed by atoms with van der Waals surface area (Å²) >= 11 is 9.39. The molecule has 0 aliphatic heterocycles. The number of nitrogens with zero attached hydrogens (tertiary/aromatic N) is 1. The zero-order chi connectivity index (χ0) is 12.1. The van der Waals surface area contributed by atoms with Crippen LogP contribution in [0, 0.1) is 0 Å². The second-order valence-electron chi connectivity index (χ2n) is 3.68. The van der Waals surface area contributed by atoms with Gasteiger partial charge in [-0.3, -0.25) is 4.79 Å². The Morgan fingerprint density at radius 3 is 2.81 bits per heavy atom. The van der Waals surface area contributed by atoms with Gasteiger partial charge in [-0.2, -0.15) is 0 Å². The molecule has 1 rings (SSSR count). The molecule has 0 heterocycles. The summed E-state index contributed by atoms with van der Waals surface area (Å²) in [5, 5.41) is 0.482. The van der Waals surface area contributed by atoms with Crippen molar-refractivity contribution in [3.05, 3.63) is 33.3 Å². The topological polar surface area (TPSA) is 20.3 Å². The SMILES string of the molecule is CCCCN(C)C(=O)c1cccc(Br)c1Cl. The standard InChI is InChI=1S/C12H15BrClNO/c1-3-4-8-15(2)12(16)9-6-5-7-10(13)11(9)14/h5-7H,3-4,8H2,1-2H3. The number of amides is 1. The highest BCUT2D eigenvalue weighted by Gasteiger charge is 2.15. The molecule has 0 radical (unpaired) electrons. The molecular formula is C12H15BrClNO. The number of rotatable bonds is 4. The van der Waals surface area contributed by atoms with Crippen molar-refractivity contribution in [1.82, 2.24) is 4.90 Å². The lowest BCUT2D eigenvalue weighted by atomic mass is 10.2. The van der Waals surface area contributed by atoms with E-state index in [-0.39, 0.29) is 5.91 Å². The Morgan fingerprint density at radius 1 is 1.50 bits per heavy atom. The highest BCUT2D eigenvalue weighted by molar-refractivity contribution is 9.10. The van der Waals surface area contributed by atoms with Gasteiger partial charge in [0.15, 0.2) is 0 Å². The maximum Gasteiger partial charge on any atom is 0.255 e. The van der Waals surface area contributed by atoms with Crippen molar-refractivity contribution in [3.63, 3.8) is 0 Å². The third-order valence-electron chi connectivity index (χ3n) is 2.38. The zero-order valence-corrected chi connectivity index (χ0v) is 11.8. The van der Waals surface area contributed by atoms with E-state index in [4.69, 9.17) is 11.6 Å². The largest absolute Gasteiger partial charge is 0.342 e. The Hall–Kier alpha value is -0.540. The van der Waals surface area contributed by atoms with E-state index in [0.717, 1.165) is 23.9 Å². The summed E-state index contributed by atoms with van der Waals surface area (Å²) < 4.78 is 0.754. The fourth-order valence-electron chi connectivity index (χ4n) is 1.37. The first-order valence-corrected chi connectivity index (χ1v) is 6.44. The van der Waals surface area contributed by atoms with Crippen molar-refractivity contribution in [1.29, 1.82) is 0 Å². The Kier molecular flexibility index (Phi) is 5.29. The van der Waals surface area contributed by atoms with Gasteiger partial charge in [0.1, 0.15) is 0 Å². The quantitative estimate of drug-likeness (QED) is 0.824. The van der Waals surface area contributed by atoms with E-state index in [2.05, 4.69) is 22.9 Å². The molecule has 0 fully saturated rings. The first-order chi connectivity index (χ1) is 7.57. The lowest BCUT2D eigenvalue weighted by Gasteiger charge is -2.17. The molecule has 1 aromatic rings. The van der Waals surface area contributed by atoms with Crippen LogP contribution in [0.2, 0.25) is 5.02 Å². The van der Waals surface area contributed by atoms with Crippen LogP contribution in [0.3, 0.4) is 0 Å². The minimum absolute atomic E-state index is 0.0280. The molecule has 4 heteroatoms. The average molecular weight is 305 g/mol. The van der Waals surface area contributed by atoms with Gasteiger partial charge in [0, 0.05) is 18.1 Å². The number of hydrogen-bond donors (Lipinski definition) is 0. The molecule has 1 aromatic carbocycles. The van der Waals surface area contributed by atoms with Crippen LogP contribution in [0.15, 0.2) is 22.7 Å². The van der Waals surface area contributed by atoms with Crippen LogP contribution in [0.5, 0.6) is 0 Å². The summed E-state index contributed by atoms with van der Waals surface area (Å²) in [4.78, 5) is 13.7. The molecule has 0 saturated heterocycles. The van der Waals surface area contributed by atoms with Gasteiger partial charge in [0.2, 0.25) is 0 Å². The molecule has 0 aromatic heterocycles. The number of benzene rings is 1. The van der Waals surface area contributed by atoms with E-state index in [9.17, 15) is 4.79 Å². The summed E-state index contributed by atoms with van der Waals surface area (Å²) in [6.45, 7) is 2.86. The molecule has 88 valence electrons. The molecule has 0 unspecified atom stereocenters. The zero-order valence-electron chi connectivity index (χ0n) is 9.46. The van der Waals surface area contributed by atoms with Gasteiger partial charge < -0.3 is 4.90 Å². The number of carbonyl (C=O) groups is 1. The van der Waals surface area contributed by atoms with Crippen LogP contribution in [-0.2, 0) is 0 Å². The molecule has 2 nitrogen and oxygen atoms in total. The minimum atomic E-state index is -0.0280. The molecule has 0 saturated carbocycles. The predicted octanol–water partition coefficient (Wildman–Crippen LogP) is 3.97. The molecule has 0 aliphatic carbocycles. The van der Waals surface area contributed by atoms with Crippen molar-refractivity contribution < 1.29 is 4.79 Å². The number of hydrogen-bond acceptors (Lipinski definition) is 1. The van der Waals surface area contributed by atoms with Gasteiger partial charge in [0.05, 0.1) is 10.6 Å². The van der Waals surface area contributed by atoms with Gasteiger partial charge in [0.25, 0.3) is 5.91 Å². The van der Waals surface area contributed by atoms with Crippen molar-refractivity contribution in [2.45, 2.75) is 19.8 Å². The first-order valence-electron chi connectivity index (χ1n) is 5.27. The number of unbranched alkanes of at least 4 members (excludes halogenated alkanes) is 1. The third-order valence-corrected chi connectivity index (χ3v) is 3.67. The Bertz CT molecular complexity index is 381. The number of carbonyl (C=O) groups excluding carboxylic acids is 1. The highest BCUT2D eigenvalue weighted by Crippen LogP contribution is 2.26. The number of halogens is 2. The van der Waals surface area contributed by atoms with Crippen LogP contribution in [-0.4, -0.2) is 24.4 Å². The minimum Gasteiger partial charge on any atom is -0.342 e. The molecule has 0 atom stereocenters. The lowest BCUT2D eigenvalue weighted by molar-refractivity contribution is 0.0793. The maximum absolute atomic E-state index is 12.0. The maximum atomic E-state index is 12.0. The Balaban J connectivity index is 2.84. The van der Waals surface area contributed by atoms with E-state index in [0.29, 0.717) is 10.6 Å². The lowest BCUT2D eigenvalue weighted by Crippen LogP contribution is -2.27. The second kappa shape index (κ2) is 6.26. The molecule has 0 aliphatic rings. The van der Waals surface area contributed by atoms with Crippen LogP contribution in [0.25, 0.3) is 0 Å². The summed E-state index contributed by atoms with van der Waals surface area (Å²) in [6.07, 6.45) is 2.08. The highest BCUT2D eigenvalue weighted by atomic mass is 79.9. The second-order valence-corrected chi connectivity index (χ2v) is 4.91. The van der Waals surface area contributed by atoms with Gasteiger partial charge in [-0.25, -0.2) is 0 Å². The Morgan fingerprint density at radius 2 is 2.19 bits per heavy atom. The van der Waals surface area contributed by atoms with E-state index < -0.39 is 0 Å². The molecule has 16 heavy (non-hydrogen) atoms. The van der Waals surface area contributed by atoms with E-state index in [1.54, 1.807) is 18.0 Å². The third kappa shape index (κ3) is 3.22. The van der Waals surface area contributed by atoms with Crippen LogP contribution >= 0.6 is 27.5 Å².